The summed E-state index contributed by atoms with van der Waals surface area (Å²) in [6.45, 7) is 9.70. The summed E-state index contributed by atoms with van der Waals surface area (Å²) in [5.41, 5.74) is 0. The van der Waals surface area contributed by atoms with Crippen LogP contribution in [0.5, 0.6) is 0 Å². The zero-order valence-corrected chi connectivity index (χ0v) is 67.3. The molecule has 0 spiro atoms. The normalized spacial score (nSPS) is 14.4. The second kappa shape index (κ2) is 72.6. The Morgan fingerprint density at radius 3 is 0.710 bits per heavy atom. The van der Waals surface area contributed by atoms with Crippen LogP contribution in [-0.2, 0) is 65.4 Å². The van der Waals surface area contributed by atoms with Crippen LogP contribution in [0.25, 0.3) is 0 Å². The van der Waals surface area contributed by atoms with E-state index in [0.717, 1.165) is 102 Å². The van der Waals surface area contributed by atoms with Gasteiger partial charge in [-0.2, -0.15) is 0 Å². The average Bonchev–Trinajstić information content (AvgIpc) is 1.97. The van der Waals surface area contributed by atoms with Crippen LogP contribution in [0.1, 0.15) is 427 Å². The number of ether oxygens (including phenoxy) is 4. The third kappa shape index (κ3) is 71.7. The number of phosphoric acid groups is 2. The van der Waals surface area contributed by atoms with Gasteiger partial charge in [0.15, 0.2) is 12.2 Å². The van der Waals surface area contributed by atoms with Gasteiger partial charge in [0.1, 0.15) is 19.3 Å². The smallest absolute Gasteiger partial charge is 0.462 e. The summed E-state index contributed by atoms with van der Waals surface area (Å²) in [7, 11) is -9.92. The molecule has 0 heterocycles. The van der Waals surface area contributed by atoms with E-state index in [-0.39, 0.29) is 25.7 Å². The largest absolute Gasteiger partial charge is 0.472 e. The summed E-state index contributed by atoms with van der Waals surface area (Å²) in [5.74, 6) is -0.483. The van der Waals surface area contributed by atoms with Crippen molar-refractivity contribution in [3.8, 4) is 0 Å². The lowest BCUT2D eigenvalue weighted by Crippen LogP contribution is -2.30. The number of hydrogen-bond donors (Lipinski definition) is 3. The molecule has 0 aromatic carbocycles. The Bertz CT molecular complexity index is 1930. The van der Waals surface area contributed by atoms with Gasteiger partial charge in [0.25, 0.3) is 0 Å². The Kier molecular flexibility index (Phi) is 71.2. The van der Waals surface area contributed by atoms with Gasteiger partial charge in [0, 0.05) is 25.7 Å². The van der Waals surface area contributed by atoms with Crippen molar-refractivity contribution in [2.75, 3.05) is 39.6 Å². The topological polar surface area (TPSA) is 237 Å². The molecule has 0 aliphatic rings. The van der Waals surface area contributed by atoms with Crippen LogP contribution in [0.4, 0.5) is 0 Å². The maximum absolute atomic E-state index is 13.1. The van der Waals surface area contributed by atoms with Gasteiger partial charge >= 0.3 is 39.5 Å². The predicted octanol–water partition coefficient (Wildman–Crippen LogP) is 24.3. The van der Waals surface area contributed by atoms with E-state index in [1.165, 1.54) is 244 Å². The summed E-state index contributed by atoms with van der Waals surface area (Å²) < 4.78 is 68.8. The van der Waals surface area contributed by atoms with Gasteiger partial charge in [-0.25, -0.2) is 9.13 Å². The lowest BCUT2D eigenvalue weighted by Gasteiger charge is -2.21. The van der Waals surface area contributed by atoms with Crippen LogP contribution in [-0.4, -0.2) is 96.7 Å². The van der Waals surface area contributed by atoms with Crippen LogP contribution in [0.3, 0.4) is 0 Å². The summed E-state index contributed by atoms with van der Waals surface area (Å²) in [6, 6.07) is 0. The van der Waals surface area contributed by atoms with Gasteiger partial charge in [0.2, 0.25) is 0 Å². The summed E-state index contributed by atoms with van der Waals surface area (Å²) in [4.78, 5) is 73.1. The van der Waals surface area contributed by atoms with Gasteiger partial charge in [-0.3, -0.25) is 37.3 Å². The molecule has 0 aliphatic heterocycles. The Morgan fingerprint density at radius 1 is 0.280 bits per heavy atom. The standard InChI is InChI=1S/C81H158O17P2/c1-7-11-13-15-17-19-21-23-25-26-31-34-38-45-51-57-63-78(83)91-69-76(97-81(86)66-60-54-48-40-36-32-28-27-29-33-37-43-49-55-61-73(5)9-3)71-95-99(87,88)93-67-75(82)68-94-100(89,90)96-72-77(70-92-79(84)64-58-52-46-42-41-44-50-56-62-74(6)10-4)98-80(85)65-59-53-47-39-35-30-24-22-20-18-16-14-12-8-2/h73-77,82H,7-72H2,1-6H3,(H,87,88)(H,89,90)/t73?,74?,75-,76-,77-/m1/s1. The van der Waals surface area contributed by atoms with Crippen LogP contribution in [0.15, 0.2) is 0 Å². The molecule has 0 aromatic heterocycles. The number of hydrogen-bond acceptors (Lipinski definition) is 15. The molecule has 0 amide bonds. The lowest BCUT2D eigenvalue weighted by molar-refractivity contribution is -0.161. The van der Waals surface area contributed by atoms with E-state index < -0.39 is 97.5 Å². The molecular weight excluding hydrogens is 1310 g/mol. The maximum atomic E-state index is 13.1. The highest BCUT2D eigenvalue weighted by molar-refractivity contribution is 7.47. The number of carbonyl (C=O) groups excluding carboxylic acids is 4. The minimum Gasteiger partial charge on any atom is -0.462 e. The Morgan fingerprint density at radius 2 is 0.480 bits per heavy atom. The highest BCUT2D eigenvalue weighted by atomic mass is 31.2. The zero-order valence-electron chi connectivity index (χ0n) is 65.5. The first-order chi connectivity index (χ1) is 48.4. The van der Waals surface area contributed by atoms with Gasteiger partial charge in [0.05, 0.1) is 26.4 Å². The first-order valence-corrected chi connectivity index (χ1v) is 45.1. The van der Waals surface area contributed by atoms with Gasteiger partial charge in [-0.15, -0.1) is 0 Å². The van der Waals surface area contributed by atoms with Gasteiger partial charge in [-0.1, -0.05) is 375 Å². The van der Waals surface area contributed by atoms with E-state index in [9.17, 15) is 43.2 Å². The Labute approximate surface area is 613 Å². The second-order valence-electron chi connectivity index (χ2n) is 29.6. The van der Waals surface area contributed by atoms with Crippen molar-refractivity contribution in [1.29, 1.82) is 0 Å². The summed E-state index contributed by atoms with van der Waals surface area (Å²) in [5, 5.41) is 10.6. The molecule has 17 nitrogen and oxygen atoms in total. The molecule has 0 aliphatic carbocycles. The van der Waals surface area contributed by atoms with Crippen LogP contribution in [0.2, 0.25) is 0 Å². The summed E-state index contributed by atoms with van der Waals surface area (Å²) in [6.07, 6.45) is 62.2. The van der Waals surface area contributed by atoms with E-state index >= 15 is 0 Å². The third-order valence-corrected chi connectivity index (χ3v) is 21.6. The summed E-state index contributed by atoms with van der Waals surface area (Å²) >= 11 is 0. The van der Waals surface area contributed by atoms with Crippen molar-refractivity contribution in [2.24, 2.45) is 11.8 Å². The van der Waals surface area contributed by atoms with E-state index in [0.29, 0.717) is 25.7 Å². The van der Waals surface area contributed by atoms with Crippen molar-refractivity contribution in [3.05, 3.63) is 0 Å². The van der Waals surface area contributed by atoms with Crippen molar-refractivity contribution >= 4 is 39.5 Å². The number of phosphoric ester groups is 2. The molecule has 594 valence electrons. The fraction of sp³-hybridized carbons (Fsp3) is 0.951. The fourth-order valence-electron chi connectivity index (χ4n) is 12.5. The maximum Gasteiger partial charge on any atom is 0.472 e. The Hall–Kier alpha value is -1.94. The minimum absolute atomic E-state index is 0.108. The number of esters is 4. The predicted molar refractivity (Wildman–Crippen MR) is 409 cm³/mol. The molecule has 0 bridgehead atoms. The number of unbranched alkanes of at least 4 members (excludes halogenated alkanes) is 48. The fourth-order valence-corrected chi connectivity index (χ4v) is 14.1. The number of rotatable bonds is 80. The molecule has 0 saturated heterocycles. The Balaban J connectivity index is 5.27. The van der Waals surface area contributed by atoms with Crippen LogP contribution >= 0.6 is 15.6 Å². The van der Waals surface area contributed by atoms with Crippen molar-refractivity contribution in [2.45, 2.75) is 445 Å². The SMILES string of the molecule is CCCCCCCCCCCCCCCCCCC(=O)OC[C@H](COP(=O)(O)OC[C@@H](O)COP(=O)(O)OC[C@@H](COC(=O)CCCCCCCCCCC(C)CC)OC(=O)CCCCCCCCCCCCCCCC)OC(=O)CCCCCCCCCCCCCCCCC(C)CC. The van der Waals surface area contributed by atoms with E-state index in [1.54, 1.807) is 0 Å². The van der Waals surface area contributed by atoms with Crippen molar-refractivity contribution < 1.29 is 80.2 Å². The molecule has 0 fully saturated rings. The van der Waals surface area contributed by atoms with Crippen molar-refractivity contribution in [3.63, 3.8) is 0 Å². The molecule has 0 rings (SSSR count). The quantitative estimate of drug-likeness (QED) is 0.0222. The monoisotopic (exact) mass is 1470 g/mol. The van der Waals surface area contributed by atoms with Gasteiger partial charge in [-0.05, 0) is 37.5 Å². The molecule has 0 aromatic rings. The highest BCUT2D eigenvalue weighted by Crippen LogP contribution is 2.45. The van der Waals surface area contributed by atoms with E-state index in [2.05, 4.69) is 41.5 Å². The molecule has 4 unspecified atom stereocenters. The molecule has 3 N–H and O–H groups in total. The molecule has 0 saturated carbocycles. The average molecular weight is 1470 g/mol. The highest BCUT2D eigenvalue weighted by Gasteiger charge is 2.30. The third-order valence-electron chi connectivity index (χ3n) is 19.7. The molecule has 7 atom stereocenters. The van der Waals surface area contributed by atoms with E-state index in [1.807, 2.05) is 0 Å². The van der Waals surface area contributed by atoms with Gasteiger partial charge < -0.3 is 33.8 Å². The lowest BCUT2D eigenvalue weighted by atomic mass is 9.99. The second-order valence-corrected chi connectivity index (χ2v) is 32.6. The first-order valence-electron chi connectivity index (χ1n) is 42.1. The number of aliphatic hydroxyl groups excluding tert-OH is 1. The molecule has 0 radical (unpaired) electrons. The molecular formula is C81H158O17P2. The zero-order chi connectivity index (χ0) is 73.5. The minimum atomic E-state index is -4.96. The van der Waals surface area contributed by atoms with E-state index in [4.69, 9.17) is 37.0 Å². The molecule has 19 heteroatoms. The number of carbonyl (C=O) groups is 4. The molecule has 100 heavy (non-hydrogen) atoms. The van der Waals surface area contributed by atoms with Crippen LogP contribution < -0.4 is 0 Å². The number of aliphatic hydroxyl groups is 1. The first kappa shape index (κ1) is 98.1. The van der Waals surface area contributed by atoms with Crippen LogP contribution in [0, 0.1) is 11.8 Å². The van der Waals surface area contributed by atoms with Crippen molar-refractivity contribution in [1.82, 2.24) is 0 Å².